The molecule has 2 atom stereocenters. The van der Waals surface area contributed by atoms with E-state index in [9.17, 15) is 17.2 Å². The molecule has 24 heavy (non-hydrogen) atoms. The molecule has 2 rings (SSSR count). The molecular weight excluding hydrogens is 338 g/mol. The SMILES string of the molecule is CC(C)OCCS(=O)(=O)NC1CNCCC1c1ccc(F)c(F)c1. The van der Waals surface area contributed by atoms with E-state index in [0.717, 1.165) is 12.1 Å². The molecule has 2 N–H and O–H groups in total. The first-order valence-electron chi connectivity index (χ1n) is 8.06. The zero-order chi connectivity index (χ0) is 17.7. The van der Waals surface area contributed by atoms with Crippen LogP contribution in [-0.4, -0.2) is 46.0 Å². The summed E-state index contributed by atoms with van der Waals surface area (Å²) in [5.41, 5.74) is 0.599. The van der Waals surface area contributed by atoms with Crippen LogP contribution in [0.1, 0.15) is 31.7 Å². The van der Waals surface area contributed by atoms with Crippen LogP contribution in [0.4, 0.5) is 8.78 Å². The molecular formula is C16H24F2N2O3S. The summed E-state index contributed by atoms with van der Waals surface area (Å²) in [6.07, 6.45) is 0.604. The highest BCUT2D eigenvalue weighted by Gasteiger charge is 2.30. The van der Waals surface area contributed by atoms with Crippen molar-refractivity contribution in [2.45, 2.75) is 38.3 Å². The van der Waals surface area contributed by atoms with Gasteiger partial charge in [-0.25, -0.2) is 21.9 Å². The Kier molecular flexibility index (Phi) is 6.68. The van der Waals surface area contributed by atoms with E-state index in [1.165, 1.54) is 6.07 Å². The van der Waals surface area contributed by atoms with Crippen LogP contribution in [0.2, 0.25) is 0 Å². The van der Waals surface area contributed by atoms with E-state index in [1.54, 1.807) is 0 Å². The number of nitrogens with one attached hydrogen (secondary N) is 2. The minimum atomic E-state index is -3.52. The third-order valence-corrected chi connectivity index (χ3v) is 5.35. The predicted octanol–water partition coefficient (Wildman–Crippen LogP) is 1.75. The van der Waals surface area contributed by atoms with Gasteiger partial charge in [0.15, 0.2) is 11.6 Å². The van der Waals surface area contributed by atoms with E-state index in [-0.39, 0.29) is 24.4 Å². The normalized spacial score (nSPS) is 22.0. The van der Waals surface area contributed by atoms with E-state index >= 15 is 0 Å². The van der Waals surface area contributed by atoms with Crippen LogP contribution in [0, 0.1) is 11.6 Å². The van der Waals surface area contributed by atoms with Gasteiger partial charge in [-0.3, -0.25) is 0 Å². The molecule has 136 valence electrons. The standard InChI is InChI=1S/C16H24F2N2O3S/c1-11(2)23-7-8-24(21,22)20-16-10-19-6-5-13(16)12-3-4-14(17)15(18)9-12/h3-4,9,11,13,16,19-20H,5-8,10H2,1-2H3. The fourth-order valence-electron chi connectivity index (χ4n) is 2.81. The second kappa shape index (κ2) is 8.33. The second-order valence-electron chi connectivity index (χ2n) is 6.24. The first kappa shape index (κ1) is 19.2. The molecule has 1 aliphatic rings. The number of piperidine rings is 1. The minimum absolute atomic E-state index is 0.0357. The van der Waals surface area contributed by atoms with Crippen molar-refractivity contribution in [2.75, 3.05) is 25.4 Å². The van der Waals surface area contributed by atoms with Gasteiger partial charge in [-0.15, -0.1) is 0 Å². The Morgan fingerprint density at radius 1 is 1.33 bits per heavy atom. The monoisotopic (exact) mass is 362 g/mol. The Labute approximate surface area is 141 Å². The molecule has 0 aliphatic carbocycles. The fourth-order valence-corrected chi connectivity index (χ4v) is 3.95. The molecule has 8 heteroatoms. The smallest absolute Gasteiger partial charge is 0.214 e. The third kappa shape index (κ3) is 5.47. The third-order valence-electron chi connectivity index (χ3n) is 3.99. The Hall–Kier alpha value is -1.09. The van der Waals surface area contributed by atoms with Crippen LogP contribution in [0.25, 0.3) is 0 Å². The number of sulfonamides is 1. The lowest BCUT2D eigenvalue weighted by Crippen LogP contribution is -2.50. The van der Waals surface area contributed by atoms with Crippen molar-refractivity contribution in [3.05, 3.63) is 35.4 Å². The highest BCUT2D eigenvalue weighted by molar-refractivity contribution is 7.89. The summed E-state index contributed by atoms with van der Waals surface area (Å²) in [7, 11) is -3.52. The molecule has 5 nitrogen and oxygen atoms in total. The Balaban J connectivity index is 2.07. The summed E-state index contributed by atoms with van der Waals surface area (Å²) in [6, 6.07) is 3.33. The maximum atomic E-state index is 13.5. The fraction of sp³-hybridized carbons (Fsp3) is 0.625. The van der Waals surface area contributed by atoms with Gasteiger partial charge in [-0.2, -0.15) is 0 Å². The quantitative estimate of drug-likeness (QED) is 0.776. The van der Waals surface area contributed by atoms with Crippen LogP contribution in [0.15, 0.2) is 18.2 Å². The highest BCUT2D eigenvalue weighted by Crippen LogP contribution is 2.27. The summed E-state index contributed by atoms with van der Waals surface area (Å²) >= 11 is 0. The zero-order valence-corrected chi connectivity index (χ0v) is 14.7. The van der Waals surface area contributed by atoms with Crippen LogP contribution in [-0.2, 0) is 14.8 Å². The maximum Gasteiger partial charge on any atom is 0.214 e. The number of ether oxygens (including phenoxy) is 1. The lowest BCUT2D eigenvalue weighted by Gasteiger charge is -2.33. The number of halogens is 2. The van der Waals surface area contributed by atoms with Gasteiger partial charge in [0.05, 0.1) is 18.5 Å². The molecule has 1 aliphatic heterocycles. The largest absolute Gasteiger partial charge is 0.378 e. The molecule has 1 aromatic carbocycles. The van der Waals surface area contributed by atoms with Crippen molar-refractivity contribution in [3.63, 3.8) is 0 Å². The Morgan fingerprint density at radius 3 is 2.75 bits per heavy atom. The Morgan fingerprint density at radius 2 is 2.08 bits per heavy atom. The molecule has 1 heterocycles. The maximum absolute atomic E-state index is 13.5. The number of rotatable bonds is 7. The van der Waals surface area contributed by atoms with Gasteiger partial charge >= 0.3 is 0 Å². The van der Waals surface area contributed by atoms with Gasteiger partial charge < -0.3 is 10.1 Å². The molecule has 0 bridgehead atoms. The lowest BCUT2D eigenvalue weighted by atomic mass is 9.86. The lowest BCUT2D eigenvalue weighted by molar-refractivity contribution is 0.0911. The number of hydrogen-bond acceptors (Lipinski definition) is 4. The summed E-state index contributed by atoms with van der Waals surface area (Å²) in [6.45, 7) is 4.92. The molecule has 0 spiro atoms. The van der Waals surface area contributed by atoms with Crippen molar-refractivity contribution in [3.8, 4) is 0 Å². The number of benzene rings is 1. The topological polar surface area (TPSA) is 67.4 Å². The summed E-state index contributed by atoms with van der Waals surface area (Å²) in [4.78, 5) is 0. The molecule has 0 radical (unpaired) electrons. The number of hydrogen-bond donors (Lipinski definition) is 2. The first-order valence-corrected chi connectivity index (χ1v) is 9.71. The predicted molar refractivity (Wildman–Crippen MR) is 88.4 cm³/mol. The van der Waals surface area contributed by atoms with Gasteiger partial charge in [0.1, 0.15) is 0 Å². The van der Waals surface area contributed by atoms with E-state index in [1.807, 2.05) is 13.8 Å². The second-order valence-corrected chi connectivity index (χ2v) is 8.11. The van der Waals surface area contributed by atoms with Crippen molar-refractivity contribution < 1.29 is 21.9 Å². The van der Waals surface area contributed by atoms with E-state index < -0.39 is 27.7 Å². The highest BCUT2D eigenvalue weighted by atomic mass is 32.2. The molecule has 1 aromatic rings. The molecule has 0 aromatic heterocycles. The van der Waals surface area contributed by atoms with Gasteiger partial charge in [-0.1, -0.05) is 6.07 Å². The first-order chi connectivity index (χ1) is 11.3. The van der Waals surface area contributed by atoms with Gasteiger partial charge in [0.2, 0.25) is 10.0 Å². The zero-order valence-electron chi connectivity index (χ0n) is 13.9. The van der Waals surface area contributed by atoms with E-state index in [2.05, 4.69) is 10.0 Å². The van der Waals surface area contributed by atoms with Gasteiger partial charge in [-0.05, 0) is 44.5 Å². The van der Waals surface area contributed by atoms with Crippen LogP contribution in [0.5, 0.6) is 0 Å². The van der Waals surface area contributed by atoms with Crippen molar-refractivity contribution >= 4 is 10.0 Å². The average molecular weight is 362 g/mol. The van der Waals surface area contributed by atoms with Crippen LogP contribution in [0.3, 0.4) is 0 Å². The van der Waals surface area contributed by atoms with Crippen LogP contribution < -0.4 is 10.0 Å². The van der Waals surface area contributed by atoms with E-state index in [0.29, 0.717) is 25.1 Å². The summed E-state index contributed by atoms with van der Waals surface area (Å²) in [5.74, 6) is -2.16. The summed E-state index contributed by atoms with van der Waals surface area (Å²) in [5, 5.41) is 3.13. The molecule has 1 saturated heterocycles. The van der Waals surface area contributed by atoms with E-state index in [4.69, 9.17) is 4.74 Å². The summed E-state index contributed by atoms with van der Waals surface area (Å²) < 4.78 is 59.0. The van der Waals surface area contributed by atoms with Crippen molar-refractivity contribution in [2.24, 2.45) is 0 Å². The van der Waals surface area contributed by atoms with Crippen molar-refractivity contribution in [1.82, 2.24) is 10.0 Å². The minimum Gasteiger partial charge on any atom is -0.378 e. The molecule has 0 saturated carbocycles. The van der Waals surface area contributed by atoms with Gasteiger partial charge in [0.25, 0.3) is 0 Å². The Bertz CT molecular complexity index is 653. The molecule has 1 fully saturated rings. The average Bonchev–Trinajstić information content (AvgIpc) is 2.49. The molecule has 0 amide bonds. The van der Waals surface area contributed by atoms with Crippen molar-refractivity contribution in [1.29, 1.82) is 0 Å². The van der Waals surface area contributed by atoms with Gasteiger partial charge in [0, 0.05) is 18.5 Å². The van der Waals surface area contributed by atoms with Crippen LogP contribution >= 0.6 is 0 Å². The molecule has 2 unspecified atom stereocenters.